The molecule has 1 aliphatic rings. The Morgan fingerprint density at radius 1 is 1.44 bits per heavy atom. The molecule has 1 aromatic heterocycles. The predicted octanol–water partition coefficient (Wildman–Crippen LogP) is 2.80. The van der Waals surface area contributed by atoms with Crippen LogP contribution in [-0.4, -0.2) is 11.1 Å². The maximum Gasteiger partial charge on any atom is 0.235 e. The molecule has 0 amide bonds. The van der Waals surface area contributed by atoms with Crippen LogP contribution in [0.15, 0.2) is 29.4 Å². The van der Waals surface area contributed by atoms with Crippen LogP contribution in [0.25, 0.3) is 10.9 Å². The van der Waals surface area contributed by atoms with Gasteiger partial charge in [0, 0.05) is 17.1 Å². The average molecular weight is 212 g/mol. The number of aliphatic imine (C=N–C) groups is 1. The van der Waals surface area contributed by atoms with E-state index in [-0.39, 0.29) is 5.54 Å². The third kappa shape index (κ3) is 1.22. The molecule has 1 heterocycles. The minimum absolute atomic E-state index is 0.264. The Kier molecular flexibility index (Phi) is 1.79. The van der Waals surface area contributed by atoms with Gasteiger partial charge >= 0.3 is 0 Å². The number of nitrogens with one attached hydrogen (secondary N) is 1. The van der Waals surface area contributed by atoms with Crippen LogP contribution in [0.2, 0.25) is 0 Å². The van der Waals surface area contributed by atoms with Gasteiger partial charge < -0.3 is 4.98 Å². The number of benzene rings is 1. The van der Waals surface area contributed by atoms with Gasteiger partial charge in [-0.15, -0.1) is 0 Å². The van der Waals surface area contributed by atoms with Crippen molar-refractivity contribution >= 4 is 17.0 Å². The molecule has 3 nitrogen and oxygen atoms in total. The van der Waals surface area contributed by atoms with Gasteiger partial charge in [-0.3, -0.25) is 0 Å². The van der Waals surface area contributed by atoms with Gasteiger partial charge in [-0.2, -0.15) is 4.99 Å². The molecule has 0 aliphatic heterocycles. The average Bonchev–Trinajstić information content (AvgIpc) is 2.99. The lowest BCUT2D eigenvalue weighted by atomic mass is 10.0. The molecule has 0 spiro atoms. The van der Waals surface area contributed by atoms with Crippen molar-refractivity contribution in [1.82, 2.24) is 4.98 Å². The standard InChI is InChI=1S/C13H12N2O/c1-9-7-14-12-3-2-10(6-11(9)12)13(4-5-13)15-8-16/h2-3,6-7,14H,4-5H2,1H3. The number of hydrogen-bond donors (Lipinski definition) is 1. The fraction of sp³-hybridized carbons (Fsp3) is 0.308. The number of carbonyl (C=O) groups excluding carboxylic acids is 1. The van der Waals surface area contributed by atoms with Crippen LogP contribution in [0.4, 0.5) is 0 Å². The molecule has 2 aromatic rings. The number of isocyanates is 1. The molecule has 0 radical (unpaired) electrons. The van der Waals surface area contributed by atoms with E-state index in [1.54, 1.807) is 6.08 Å². The van der Waals surface area contributed by atoms with E-state index in [2.05, 4.69) is 29.0 Å². The van der Waals surface area contributed by atoms with Crippen molar-refractivity contribution in [3.05, 3.63) is 35.5 Å². The number of aromatic amines is 1. The van der Waals surface area contributed by atoms with Crippen molar-refractivity contribution < 1.29 is 4.79 Å². The van der Waals surface area contributed by atoms with Crippen LogP contribution in [0.5, 0.6) is 0 Å². The van der Waals surface area contributed by atoms with E-state index < -0.39 is 0 Å². The summed E-state index contributed by atoms with van der Waals surface area (Å²) in [4.78, 5) is 17.6. The van der Waals surface area contributed by atoms with Gasteiger partial charge in [0.15, 0.2) is 0 Å². The minimum Gasteiger partial charge on any atom is -0.361 e. The fourth-order valence-electron chi connectivity index (χ4n) is 2.22. The number of rotatable bonds is 2. The number of nitrogens with zero attached hydrogens (tertiary/aromatic N) is 1. The Balaban J connectivity index is 2.18. The number of hydrogen-bond acceptors (Lipinski definition) is 2. The highest BCUT2D eigenvalue weighted by atomic mass is 16.1. The van der Waals surface area contributed by atoms with Crippen molar-refractivity contribution in [2.75, 3.05) is 0 Å². The van der Waals surface area contributed by atoms with Gasteiger partial charge in [-0.05, 0) is 43.0 Å². The summed E-state index contributed by atoms with van der Waals surface area (Å²) in [6.45, 7) is 2.07. The first-order chi connectivity index (χ1) is 7.75. The molecular formula is C13H12N2O. The Morgan fingerprint density at radius 2 is 2.25 bits per heavy atom. The second-order valence-electron chi connectivity index (χ2n) is 4.47. The summed E-state index contributed by atoms with van der Waals surface area (Å²) in [5, 5.41) is 1.21. The van der Waals surface area contributed by atoms with Crippen LogP contribution in [0, 0.1) is 6.92 Å². The monoisotopic (exact) mass is 212 g/mol. The second-order valence-corrected chi connectivity index (χ2v) is 4.47. The summed E-state index contributed by atoms with van der Waals surface area (Å²) in [5.74, 6) is 0. The smallest absolute Gasteiger partial charge is 0.235 e. The Bertz CT molecular complexity index is 601. The molecule has 0 saturated heterocycles. The van der Waals surface area contributed by atoms with Gasteiger partial charge in [0.25, 0.3) is 0 Å². The summed E-state index contributed by atoms with van der Waals surface area (Å²) in [5.41, 5.74) is 3.22. The summed E-state index contributed by atoms with van der Waals surface area (Å²) in [6, 6.07) is 6.24. The van der Waals surface area contributed by atoms with Crippen molar-refractivity contribution in [2.24, 2.45) is 4.99 Å². The van der Waals surface area contributed by atoms with Crippen LogP contribution in [0.3, 0.4) is 0 Å². The normalized spacial score (nSPS) is 17.1. The molecule has 0 atom stereocenters. The number of aromatic nitrogens is 1. The largest absolute Gasteiger partial charge is 0.361 e. The predicted molar refractivity (Wildman–Crippen MR) is 62.1 cm³/mol. The zero-order valence-electron chi connectivity index (χ0n) is 9.08. The van der Waals surface area contributed by atoms with E-state index in [0.29, 0.717) is 0 Å². The maximum absolute atomic E-state index is 10.4. The van der Waals surface area contributed by atoms with Crippen molar-refractivity contribution in [3.63, 3.8) is 0 Å². The van der Waals surface area contributed by atoms with Gasteiger partial charge in [-0.25, -0.2) is 4.79 Å². The summed E-state index contributed by atoms with van der Waals surface area (Å²) in [6.07, 6.45) is 5.60. The molecule has 1 N–H and O–H groups in total. The van der Waals surface area contributed by atoms with E-state index in [0.717, 1.165) is 23.9 Å². The summed E-state index contributed by atoms with van der Waals surface area (Å²) in [7, 11) is 0. The zero-order valence-corrected chi connectivity index (χ0v) is 9.08. The van der Waals surface area contributed by atoms with E-state index in [9.17, 15) is 4.79 Å². The first kappa shape index (κ1) is 9.37. The topological polar surface area (TPSA) is 45.2 Å². The van der Waals surface area contributed by atoms with E-state index in [4.69, 9.17) is 0 Å². The van der Waals surface area contributed by atoms with Crippen molar-refractivity contribution in [2.45, 2.75) is 25.3 Å². The van der Waals surface area contributed by atoms with Crippen molar-refractivity contribution in [3.8, 4) is 0 Å². The molecule has 16 heavy (non-hydrogen) atoms. The Labute approximate surface area is 93.2 Å². The molecule has 3 heteroatoms. The molecule has 1 fully saturated rings. The third-order valence-electron chi connectivity index (χ3n) is 3.41. The third-order valence-corrected chi connectivity index (χ3v) is 3.41. The van der Waals surface area contributed by atoms with E-state index in [1.807, 2.05) is 12.3 Å². The summed E-state index contributed by atoms with van der Waals surface area (Å²) < 4.78 is 0. The molecule has 1 aliphatic carbocycles. The van der Waals surface area contributed by atoms with Gasteiger partial charge in [-0.1, -0.05) is 6.07 Å². The number of H-pyrrole nitrogens is 1. The molecular weight excluding hydrogens is 200 g/mol. The number of aryl methyl sites for hydroxylation is 1. The molecule has 0 bridgehead atoms. The van der Waals surface area contributed by atoms with Crippen LogP contribution in [0.1, 0.15) is 24.0 Å². The van der Waals surface area contributed by atoms with Crippen molar-refractivity contribution in [1.29, 1.82) is 0 Å². The van der Waals surface area contributed by atoms with Gasteiger partial charge in [0.2, 0.25) is 6.08 Å². The first-order valence-corrected chi connectivity index (χ1v) is 5.42. The second kappa shape index (κ2) is 3.06. The zero-order chi connectivity index (χ0) is 11.2. The highest BCUT2D eigenvalue weighted by Gasteiger charge is 2.44. The number of fused-ring (bicyclic) bond motifs is 1. The van der Waals surface area contributed by atoms with Crippen LogP contribution >= 0.6 is 0 Å². The fourth-order valence-corrected chi connectivity index (χ4v) is 2.22. The highest BCUT2D eigenvalue weighted by molar-refractivity contribution is 5.84. The first-order valence-electron chi connectivity index (χ1n) is 5.42. The Hall–Kier alpha value is -1.86. The van der Waals surface area contributed by atoms with Gasteiger partial charge in [0.1, 0.15) is 0 Å². The lowest BCUT2D eigenvalue weighted by Gasteiger charge is -2.08. The molecule has 80 valence electrons. The quantitative estimate of drug-likeness (QED) is 0.603. The van der Waals surface area contributed by atoms with E-state index >= 15 is 0 Å². The van der Waals surface area contributed by atoms with Crippen LogP contribution < -0.4 is 0 Å². The van der Waals surface area contributed by atoms with Crippen LogP contribution in [-0.2, 0) is 10.3 Å². The minimum atomic E-state index is -0.264. The molecule has 1 saturated carbocycles. The Morgan fingerprint density at radius 3 is 2.94 bits per heavy atom. The highest BCUT2D eigenvalue weighted by Crippen LogP contribution is 2.49. The van der Waals surface area contributed by atoms with E-state index in [1.165, 1.54) is 10.9 Å². The lowest BCUT2D eigenvalue weighted by molar-refractivity contribution is 0.556. The summed E-state index contributed by atoms with van der Waals surface area (Å²) >= 11 is 0. The molecule has 1 aromatic carbocycles. The van der Waals surface area contributed by atoms with Gasteiger partial charge in [0.05, 0.1) is 5.54 Å². The SMILES string of the molecule is Cc1c[nH]c2ccc(C3(N=C=O)CC3)cc12. The lowest BCUT2D eigenvalue weighted by Crippen LogP contribution is -2.01. The molecule has 3 rings (SSSR count). The molecule has 0 unspecified atom stereocenters. The maximum atomic E-state index is 10.4.